The zero-order valence-electron chi connectivity index (χ0n) is 7.14. The Morgan fingerprint density at radius 1 is 1.38 bits per heavy atom. The SMILES string of the molecule is COc1ccccc1-n1cn[c]n1. The van der Waals surface area contributed by atoms with E-state index >= 15 is 0 Å². The van der Waals surface area contributed by atoms with Crippen LogP contribution in [0.3, 0.4) is 0 Å². The molecular formula is C9H8N3O. The fraction of sp³-hybridized carbons (Fsp3) is 0.111. The van der Waals surface area contributed by atoms with E-state index in [-0.39, 0.29) is 0 Å². The highest BCUT2D eigenvalue weighted by molar-refractivity contribution is 5.45. The van der Waals surface area contributed by atoms with Crippen LogP contribution in [-0.2, 0) is 0 Å². The Morgan fingerprint density at radius 2 is 2.23 bits per heavy atom. The van der Waals surface area contributed by atoms with Crippen molar-refractivity contribution in [3.63, 3.8) is 0 Å². The number of nitrogens with zero attached hydrogens (tertiary/aromatic N) is 3. The smallest absolute Gasteiger partial charge is 0.221 e. The maximum absolute atomic E-state index is 5.17. The first-order valence-electron chi connectivity index (χ1n) is 3.83. The number of ether oxygens (including phenoxy) is 1. The summed E-state index contributed by atoms with van der Waals surface area (Å²) in [6.07, 6.45) is 4.07. The molecule has 1 aromatic heterocycles. The van der Waals surface area contributed by atoms with Gasteiger partial charge in [0, 0.05) is 0 Å². The lowest BCUT2D eigenvalue weighted by Crippen LogP contribution is -1.97. The summed E-state index contributed by atoms with van der Waals surface area (Å²) in [6.45, 7) is 0. The normalized spacial score (nSPS) is 9.92. The molecular weight excluding hydrogens is 166 g/mol. The van der Waals surface area contributed by atoms with E-state index in [0.717, 1.165) is 11.4 Å². The molecule has 0 spiro atoms. The molecule has 0 aliphatic carbocycles. The van der Waals surface area contributed by atoms with E-state index < -0.39 is 0 Å². The molecule has 0 aliphatic rings. The number of para-hydroxylation sites is 2. The summed E-state index contributed by atoms with van der Waals surface area (Å²) < 4.78 is 6.78. The number of aromatic nitrogens is 3. The zero-order valence-corrected chi connectivity index (χ0v) is 7.14. The van der Waals surface area contributed by atoms with Crippen LogP contribution in [0.4, 0.5) is 0 Å². The molecule has 0 N–H and O–H groups in total. The van der Waals surface area contributed by atoms with Gasteiger partial charge in [-0.25, -0.2) is 9.67 Å². The third-order valence-electron chi connectivity index (χ3n) is 1.71. The van der Waals surface area contributed by atoms with E-state index in [2.05, 4.69) is 16.4 Å². The van der Waals surface area contributed by atoms with Crippen molar-refractivity contribution >= 4 is 0 Å². The summed E-state index contributed by atoms with van der Waals surface area (Å²) in [7, 11) is 1.62. The van der Waals surface area contributed by atoms with Crippen LogP contribution in [0.2, 0.25) is 0 Å². The number of rotatable bonds is 2. The van der Waals surface area contributed by atoms with Gasteiger partial charge in [-0.05, 0) is 12.1 Å². The predicted molar refractivity (Wildman–Crippen MR) is 46.7 cm³/mol. The summed E-state index contributed by atoms with van der Waals surface area (Å²) in [5.41, 5.74) is 0.860. The van der Waals surface area contributed by atoms with Gasteiger partial charge in [0.15, 0.2) is 0 Å². The van der Waals surface area contributed by atoms with Crippen molar-refractivity contribution in [1.29, 1.82) is 0 Å². The van der Waals surface area contributed by atoms with Gasteiger partial charge in [0.05, 0.1) is 7.11 Å². The van der Waals surface area contributed by atoms with E-state index in [1.54, 1.807) is 18.1 Å². The molecule has 0 bridgehead atoms. The van der Waals surface area contributed by atoms with Crippen molar-refractivity contribution in [3.05, 3.63) is 36.9 Å². The van der Waals surface area contributed by atoms with Gasteiger partial charge in [-0.2, -0.15) is 0 Å². The van der Waals surface area contributed by atoms with E-state index in [4.69, 9.17) is 4.74 Å². The third-order valence-corrected chi connectivity index (χ3v) is 1.71. The topological polar surface area (TPSA) is 39.9 Å². The highest BCUT2D eigenvalue weighted by atomic mass is 16.5. The van der Waals surface area contributed by atoms with Crippen LogP contribution in [-0.4, -0.2) is 21.9 Å². The molecule has 4 heteroatoms. The van der Waals surface area contributed by atoms with Crippen molar-refractivity contribution < 1.29 is 4.74 Å². The predicted octanol–water partition coefficient (Wildman–Crippen LogP) is 1.08. The Balaban J connectivity index is 2.51. The third kappa shape index (κ3) is 1.38. The van der Waals surface area contributed by atoms with Gasteiger partial charge in [-0.3, -0.25) is 0 Å². The molecule has 0 atom stereocenters. The van der Waals surface area contributed by atoms with Crippen LogP contribution in [0.25, 0.3) is 5.69 Å². The van der Waals surface area contributed by atoms with Crippen molar-refractivity contribution in [2.24, 2.45) is 0 Å². The second-order valence-corrected chi connectivity index (χ2v) is 2.46. The van der Waals surface area contributed by atoms with Gasteiger partial charge in [-0.15, -0.1) is 5.10 Å². The second-order valence-electron chi connectivity index (χ2n) is 2.46. The number of benzene rings is 1. The molecule has 0 aliphatic heterocycles. The average molecular weight is 174 g/mol. The molecule has 1 aromatic carbocycles. The molecule has 4 nitrogen and oxygen atoms in total. The lowest BCUT2D eigenvalue weighted by Gasteiger charge is -2.06. The molecule has 0 fully saturated rings. The highest BCUT2D eigenvalue weighted by Gasteiger charge is 2.03. The molecule has 65 valence electrons. The summed E-state index contributed by atoms with van der Waals surface area (Å²) in [4.78, 5) is 3.75. The van der Waals surface area contributed by atoms with Crippen molar-refractivity contribution in [2.75, 3.05) is 7.11 Å². The number of methoxy groups -OCH3 is 1. The Bertz CT molecular complexity index is 384. The van der Waals surface area contributed by atoms with Gasteiger partial charge in [0.25, 0.3) is 0 Å². The van der Waals surface area contributed by atoms with Crippen molar-refractivity contribution in [1.82, 2.24) is 14.8 Å². The Hall–Kier alpha value is -1.84. The van der Waals surface area contributed by atoms with E-state index in [1.807, 2.05) is 24.3 Å². The van der Waals surface area contributed by atoms with Crippen molar-refractivity contribution in [3.8, 4) is 11.4 Å². The minimum Gasteiger partial charge on any atom is -0.494 e. The minimum atomic E-state index is 0.765. The van der Waals surface area contributed by atoms with Gasteiger partial charge in [0.2, 0.25) is 6.33 Å². The molecule has 0 saturated heterocycles. The summed E-state index contributed by atoms with van der Waals surface area (Å²) in [5.74, 6) is 0.765. The first kappa shape index (κ1) is 7.79. The molecule has 1 heterocycles. The first-order chi connectivity index (χ1) is 6.42. The van der Waals surface area contributed by atoms with Crippen LogP contribution < -0.4 is 4.74 Å². The maximum Gasteiger partial charge on any atom is 0.221 e. The molecule has 0 saturated carbocycles. The van der Waals surface area contributed by atoms with Crippen LogP contribution in [0.5, 0.6) is 5.75 Å². The minimum absolute atomic E-state index is 0.765. The van der Waals surface area contributed by atoms with Gasteiger partial charge >= 0.3 is 0 Å². The lowest BCUT2D eigenvalue weighted by atomic mass is 10.3. The molecule has 1 radical (unpaired) electrons. The molecule has 13 heavy (non-hydrogen) atoms. The monoisotopic (exact) mass is 174 g/mol. The standard InChI is InChI=1S/C9H8N3O/c1-13-9-5-3-2-4-8(9)12-7-10-6-11-12/h2-5,7H,1H3. The molecule has 0 unspecified atom stereocenters. The van der Waals surface area contributed by atoms with Crippen LogP contribution in [0.15, 0.2) is 30.6 Å². The van der Waals surface area contributed by atoms with Crippen LogP contribution in [0, 0.1) is 6.33 Å². The van der Waals surface area contributed by atoms with Gasteiger partial charge < -0.3 is 4.74 Å². The van der Waals surface area contributed by atoms with Crippen LogP contribution >= 0.6 is 0 Å². The second kappa shape index (κ2) is 3.26. The molecule has 0 amide bonds. The molecule has 2 rings (SSSR count). The maximum atomic E-state index is 5.17. The van der Waals surface area contributed by atoms with Crippen molar-refractivity contribution in [2.45, 2.75) is 0 Å². The van der Waals surface area contributed by atoms with Crippen LogP contribution in [0.1, 0.15) is 0 Å². The largest absolute Gasteiger partial charge is 0.494 e. The Kier molecular flexibility index (Phi) is 1.96. The fourth-order valence-electron chi connectivity index (χ4n) is 1.12. The highest BCUT2D eigenvalue weighted by Crippen LogP contribution is 2.19. The first-order valence-corrected chi connectivity index (χ1v) is 3.83. The average Bonchev–Trinajstić information content (AvgIpc) is 2.70. The zero-order chi connectivity index (χ0) is 9.10. The number of hydrogen-bond donors (Lipinski definition) is 0. The summed E-state index contributed by atoms with van der Waals surface area (Å²) in [5, 5.41) is 3.90. The molecule has 2 aromatic rings. The van der Waals surface area contributed by atoms with Gasteiger partial charge in [-0.1, -0.05) is 12.1 Å². The summed E-state index contributed by atoms with van der Waals surface area (Å²) in [6, 6.07) is 7.60. The number of hydrogen-bond acceptors (Lipinski definition) is 3. The fourth-order valence-corrected chi connectivity index (χ4v) is 1.12. The lowest BCUT2D eigenvalue weighted by molar-refractivity contribution is 0.411. The van der Waals surface area contributed by atoms with E-state index in [1.165, 1.54) is 0 Å². The Morgan fingerprint density at radius 3 is 2.92 bits per heavy atom. The quantitative estimate of drug-likeness (QED) is 0.683. The van der Waals surface area contributed by atoms with E-state index in [9.17, 15) is 0 Å². The van der Waals surface area contributed by atoms with Gasteiger partial charge in [0.1, 0.15) is 17.8 Å². The van der Waals surface area contributed by atoms with E-state index in [0.29, 0.717) is 0 Å². The summed E-state index contributed by atoms with van der Waals surface area (Å²) >= 11 is 0. The Labute approximate surface area is 75.8 Å².